The van der Waals surface area contributed by atoms with Crippen LogP contribution < -0.4 is 0 Å². The van der Waals surface area contributed by atoms with Crippen molar-refractivity contribution in [2.24, 2.45) is 0 Å². The Labute approximate surface area is 132 Å². The number of hydrogen-bond acceptors (Lipinski definition) is 2. The second-order valence-corrected chi connectivity index (χ2v) is 4.93. The summed E-state index contributed by atoms with van der Waals surface area (Å²) in [5.41, 5.74) is 1.61. The largest absolute Gasteiger partial charge is 0.358 e. The van der Waals surface area contributed by atoms with Crippen molar-refractivity contribution < 1.29 is 8.78 Å². The maximum Gasteiger partial charge on any atom is 0.304 e. The molecular weight excluding hydrogens is 296 g/mol. The van der Waals surface area contributed by atoms with Crippen LogP contribution in [0, 0.1) is 25.1 Å². The van der Waals surface area contributed by atoms with Gasteiger partial charge in [0, 0.05) is 16.7 Å². The van der Waals surface area contributed by atoms with Gasteiger partial charge in [-0.1, -0.05) is 48.1 Å². The second kappa shape index (κ2) is 5.93. The van der Waals surface area contributed by atoms with E-state index in [9.17, 15) is 8.78 Å². The van der Waals surface area contributed by atoms with E-state index in [1.165, 1.54) is 6.07 Å². The molecular formula is C18H11F2N3. The van der Waals surface area contributed by atoms with Crippen LogP contribution in [0.1, 0.15) is 5.69 Å². The van der Waals surface area contributed by atoms with Crippen molar-refractivity contribution in [1.82, 2.24) is 10.2 Å². The van der Waals surface area contributed by atoms with Crippen molar-refractivity contribution in [3.8, 4) is 22.3 Å². The lowest BCUT2D eigenvalue weighted by Crippen LogP contribution is -1.99. The summed E-state index contributed by atoms with van der Waals surface area (Å²) in [6.07, 6.45) is 0. The number of aryl methyl sites for hydroxylation is 1. The maximum absolute atomic E-state index is 14.3. The molecule has 0 aliphatic rings. The molecule has 112 valence electrons. The van der Waals surface area contributed by atoms with Crippen LogP contribution in [0.25, 0.3) is 27.1 Å². The van der Waals surface area contributed by atoms with E-state index in [0.717, 1.165) is 17.7 Å². The summed E-state index contributed by atoms with van der Waals surface area (Å²) in [6, 6.07) is 12.7. The smallest absolute Gasteiger partial charge is 0.304 e. The maximum atomic E-state index is 14.3. The topological polar surface area (TPSA) is 30.1 Å². The average Bonchev–Trinajstić information content (AvgIpc) is 2.56. The number of rotatable bonds is 2. The van der Waals surface area contributed by atoms with Gasteiger partial charge in [-0.2, -0.15) is 0 Å². The molecule has 5 heteroatoms. The fourth-order valence-electron chi connectivity index (χ4n) is 2.52. The Morgan fingerprint density at radius 3 is 2.09 bits per heavy atom. The summed E-state index contributed by atoms with van der Waals surface area (Å²) in [5, 5.41) is 7.77. The molecule has 3 nitrogen and oxygen atoms in total. The normalized spacial score (nSPS) is 10.3. The third kappa shape index (κ3) is 2.55. The lowest BCUT2D eigenvalue weighted by atomic mass is 9.93. The molecule has 0 amide bonds. The van der Waals surface area contributed by atoms with Gasteiger partial charge < -0.3 is 4.85 Å². The molecule has 0 atom stereocenters. The third-order valence-corrected chi connectivity index (χ3v) is 3.51. The summed E-state index contributed by atoms with van der Waals surface area (Å²) in [6.45, 7) is 8.98. The van der Waals surface area contributed by atoms with E-state index in [1.807, 2.05) is 18.2 Å². The van der Waals surface area contributed by atoms with Gasteiger partial charge in [0.25, 0.3) is 0 Å². The van der Waals surface area contributed by atoms with Crippen molar-refractivity contribution in [3.05, 3.63) is 77.3 Å². The van der Waals surface area contributed by atoms with Gasteiger partial charge in [-0.3, -0.25) is 0 Å². The zero-order valence-corrected chi connectivity index (χ0v) is 12.2. The molecule has 0 saturated carbocycles. The molecule has 3 aromatic rings. The molecule has 0 N–H and O–H groups in total. The van der Waals surface area contributed by atoms with Crippen molar-refractivity contribution in [2.75, 3.05) is 0 Å². The van der Waals surface area contributed by atoms with Crippen molar-refractivity contribution in [2.45, 2.75) is 6.92 Å². The molecule has 2 aromatic carbocycles. The zero-order valence-electron chi connectivity index (χ0n) is 12.2. The van der Waals surface area contributed by atoms with Crippen molar-refractivity contribution in [3.63, 3.8) is 0 Å². The number of halogens is 2. The molecule has 0 aliphatic carbocycles. The molecule has 0 spiro atoms. The van der Waals surface area contributed by atoms with Gasteiger partial charge in [0.2, 0.25) is 0 Å². The minimum absolute atomic E-state index is 0.126. The van der Waals surface area contributed by atoms with E-state index in [2.05, 4.69) is 15.0 Å². The van der Waals surface area contributed by atoms with Gasteiger partial charge in [-0.25, -0.2) is 8.78 Å². The Kier molecular flexibility index (Phi) is 3.82. The first kappa shape index (κ1) is 14.8. The predicted octanol–water partition coefficient (Wildman–Crippen LogP) is 4.95. The van der Waals surface area contributed by atoms with Crippen molar-refractivity contribution >= 4 is 5.82 Å². The quantitative estimate of drug-likeness (QED) is 0.627. The number of benzene rings is 2. The first-order valence-electron chi connectivity index (χ1n) is 6.88. The van der Waals surface area contributed by atoms with Crippen LogP contribution in [0.15, 0.2) is 48.5 Å². The van der Waals surface area contributed by atoms with Gasteiger partial charge in [0.15, 0.2) is 0 Å². The molecule has 0 fully saturated rings. The van der Waals surface area contributed by atoms with Gasteiger partial charge in [0.1, 0.15) is 11.6 Å². The minimum atomic E-state index is -0.737. The molecule has 3 rings (SSSR count). The van der Waals surface area contributed by atoms with Crippen LogP contribution in [0.2, 0.25) is 0 Å². The highest BCUT2D eigenvalue weighted by atomic mass is 19.1. The summed E-state index contributed by atoms with van der Waals surface area (Å²) in [4.78, 5) is 3.30. The monoisotopic (exact) mass is 307 g/mol. The highest BCUT2D eigenvalue weighted by molar-refractivity contribution is 5.91. The Hall–Kier alpha value is -3.13. The summed E-state index contributed by atoms with van der Waals surface area (Å²) in [5.74, 6) is -1.60. The molecule has 23 heavy (non-hydrogen) atoms. The summed E-state index contributed by atoms with van der Waals surface area (Å²) >= 11 is 0. The number of aromatic nitrogens is 2. The number of hydrogen-bond donors (Lipinski definition) is 0. The Bertz CT molecular complexity index is 895. The first-order valence-corrected chi connectivity index (χ1v) is 6.88. The molecule has 0 radical (unpaired) electrons. The number of nitrogens with zero attached hydrogens (tertiary/aromatic N) is 3. The van der Waals surface area contributed by atoms with E-state index >= 15 is 0 Å². The minimum Gasteiger partial charge on any atom is -0.358 e. The van der Waals surface area contributed by atoms with E-state index in [1.54, 1.807) is 19.1 Å². The van der Waals surface area contributed by atoms with Gasteiger partial charge in [-0.05, 0) is 29.7 Å². The Morgan fingerprint density at radius 2 is 1.48 bits per heavy atom. The molecule has 0 bridgehead atoms. The summed E-state index contributed by atoms with van der Waals surface area (Å²) < 4.78 is 28.6. The lowest BCUT2D eigenvalue weighted by Gasteiger charge is -2.14. The van der Waals surface area contributed by atoms with Crippen LogP contribution in [0.3, 0.4) is 0 Å². The highest BCUT2D eigenvalue weighted by Crippen LogP contribution is 2.41. The standard InChI is InChI=1S/C18H11F2N3/c1-11-15(12-7-4-3-5-8-12)17(18(21-2)23-22-11)16-13(19)9-6-10-14(16)20/h3-10H,1H3. The fraction of sp³-hybridized carbons (Fsp3) is 0.0556. The van der Waals surface area contributed by atoms with Gasteiger partial charge >= 0.3 is 5.82 Å². The Balaban J connectivity index is 2.45. The molecule has 1 aromatic heterocycles. The van der Waals surface area contributed by atoms with Crippen molar-refractivity contribution in [1.29, 1.82) is 0 Å². The van der Waals surface area contributed by atoms with E-state index in [-0.39, 0.29) is 16.9 Å². The fourth-order valence-corrected chi connectivity index (χ4v) is 2.52. The second-order valence-electron chi connectivity index (χ2n) is 4.93. The average molecular weight is 307 g/mol. The third-order valence-electron chi connectivity index (χ3n) is 3.51. The van der Waals surface area contributed by atoms with Crippen LogP contribution in [0.4, 0.5) is 14.6 Å². The van der Waals surface area contributed by atoms with Gasteiger partial charge in [-0.15, -0.1) is 0 Å². The van der Waals surface area contributed by atoms with Gasteiger partial charge in [0.05, 0.1) is 5.69 Å². The highest BCUT2D eigenvalue weighted by Gasteiger charge is 2.23. The molecule has 0 aliphatic heterocycles. The zero-order chi connectivity index (χ0) is 16.4. The summed E-state index contributed by atoms with van der Waals surface area (Å²) in [7, 11) is 0. The first-order chi connectivity index (χ1) is 11.1. The molecule has 0 saturated heterocycles. The lowest BCUT2D eigenvalue weighted by molar-refractivity contribution is 0.589. The molecule has 0 unspecified atom stereocenters. The van der Waals surface area contributed by atoms with Crippen LogP contribution in [-0.4, -0.2) is 10.2 Å². The van der Waals surface area contributed by atoms with Crippen LogP contribution in [-0.2, 0) is 0 Å². The van der Waals surface area contributed by atoms with Crippen LogP contribution in [0.5, 0.6) is 0 Å². The molecule has 1 heterocycles. The predicted molar refractivity (Wildman–Crippen MR) is 83.8 cm³/mol. The Morgan fingerprint density at radius 1 is 0.826 bits per heavy atom. The van der Waals surface area contributed by atoms with Crippen LogP contribution >= 0.6 is 0 Å². The van der Waals surface area contributed by atoms with E-state index in [4.69, 9.17) is 6.57 Å². The van der Waals surface area contributed by atoms with E-state index < -0.39 is 11.6 Å². The SMILES string of the molecule is [C-]#[N+]c1nnc(C)c(-c2ccccc2)c1-c1c(F)cccc1F. The van der Waals surface area contributed by atoms with E-state index in [0.29, 0.717) is 11.3 Å².